The number of hydrogen-bond acceptors (Lipinski definition) is 7. The number of anilines is 3. The van der Waals surface area contributed by atoms with Gasteiger partial charge in [-0.3, -0.25) is 0 Å². The van der Waals surface area contributed by atoms with Gasteiger partial charge in [0.15, 0.2) is 0 Å². The van der Waals surface area contributed by atoms with Crippen molar-refractivity contribution in [1.29, 1.82) is 0 Å². The number of aromatic nitrogens is 3. The van der Waals surface area contributed by atoms with Gasteiger partial charge in [-0.2, -0.15) is 0 Å². The van der Waals surface area contributed by atoms with Gasteiger partial charge in [-0.1, -0.05) is 12.1 Å². The molecule has 0 spiro atoms. The van der Waals surface area contributed by atoms with E-state index in [1.54, 1.807) is 0 Å². The molecule has 0 radical (unpaired) electrons. The van der Waals surface area contributed by atoms with E-state index in [9.17, 15) is 5.11 Å². The topological polar surface area (TPSA) is 114 Å². The lowest BCUT2D eigenvalue weighted by molar-refractivity contribution is 0.127. The maximum atomic E-state index is 10.7. The van der Waals surface area contributed by atoms with Crippen LogP contribution in [0.3, 0.4) is 0 Å². The van der Waals surface area contributed by atoms with Crippen LogP contribution < -0.4 is 16.4 Å². The quantitative estimate of drug-likeness (QED) is 0.538. The van der Waals surface area contributed by atoms with E-state index in [0.717, 1.165) is 65.4 Å². The van der Waals surface area contributed by atoms with Gasteiger partial charge in [-0.15, -0.1) is 0 Å². The molecule has 2 aliphatic rings. The van der Waals surface area contributed by atoms with E-state index in [0.29, 0.717) is 17.7 Å². The molecule has 5 N–H and O–H groups in total. The van der Waals surface area contributed by atoms with E-state index in [1.807, 2.05) is 6.07 Å². The fraction of sp³-hybridized carbons (Fsp3) is 0.409. The molecule has 1 fully saturated rings. The molecular formula is C22H25BrN6O. The number of nitrogens with two attached hydrogens (primary N) is 2. The summed E-state index contributed by atoms with van der Waals surface area (Å²) in [5.41, 5.74) is 15.1. The minimum Gasteiger partial charge on any atom is -0.393 e. The smallest absolute Gasteiger partial charge is 0.138 e. The molecule has 2 aromatic heterocycles. The van der Waals surface area contributed by atoms with Crippen molar-refractivity contribution in [2.24, 2.45) is 5.92 Å². The van der Waals surface area contributed by atoms with Crippen molar-refractivity contribution >= 4 is 44.3 Å². The highest BCUT2D eigenvalue weighted by Crippen LogP contribution is 2.39. The lowest BCUT2D eigenvalue weighted by Crippen LogP contribution is -2.32. The number of nitrogens with zero attached hydrogens (tertiary/aromatic N) is 4. The molecule has 3 aromatic rings. The Balaban J connectivity index is 1.26. The maximum absolute atomic E-state index is 10.7. The van der Waals surface area contributed by atoms with E-state index < -0.39 is 0 Å². The summed E-state index contributed by atoms with van der Waals surface area (Å²) in [6.07, 6.45) is 5.73. The van der Waals surface area contributed by atoms with Gasteiger partial charge in [-0.05, 0) is 71.6 Å². The van der Waals surface area contributed by atoms with Gasteiger partial charge in [0, 0.05) is 23.5 Å². The molecule has 0 bridgehead atoms. The van der Waals surface area contributed by atoms with E-state index >= 15 is 0 Å². The van der Waals surface area contributed by atoms with Crippen molar-refractivity contribution in [2.75, 3.05) is 22.9 Å². The Morgan fingerprint density at radius 2 is 2.00 bits per heavy atom. The van der Waals surface area contributed by atoms with Gasteiger partial charge in [0.05, 0.1) is 16.1 Å². The number of pyridine rings is 1. The van der Waals surface area contributed by atoms with Gasteiger partial charge in [-0.25, -0.2) is 15.0 Å². The molecule has 1 saturated carbocycles. The highest BCUT2D eigenvalue weighted by molar-refractivity contribution is 9.10. The van der Waals surface area contributed by atoms with Gasteiger partial charge < -0.3 is 21.5 Å². The van der Waals surface area contributed by atoms with Crippen molar-refractivity contribution in [3.05, 3.63) is 46.2 Å². The molecule has 3 atom stereocenters. The van der Waals surface area contributed by atoms with Crippen LogP contribution in [0, 0.1) is 5.92 Å². The number of nitrogen functional groups attached to an aromatic ring is 2. The van der Waals surface area contributed by atoms with Crippen LogP contribution >= 0.6 is 15.9 Å². The minimum atomic E-state index is -0.289. The predicted octanol–water partition coefficient (Wildman–Crippen LogP) is 3.09. The Hall–Kier alpha value is -2.45. The zero-order valence-corrected chi connectivity index (χ0v) is 18.2. The van der Waals surface area contributed by atoms with Gasteiger partial charge in [0.25, 0.3) is 0 Å². The number of benzene rings is 1. The molecular weight excluding hydrogens is 444 g/mol. The van der Waals surface area contributed by atoms with Crippen LogP contribution in [0.1, 0.15) is 30.4 Å². The summed E-state index contributed by atoms with van der Waals surface area (Å²) in [5.74, 6) is 2.31. The molecule has 1 unspecified atom stereocenters. The van der Waals surface area contributed by atoms with Gasteiger partial charge in [0.1, 0.15) is 23.8 Å². The van der Waals surface area contributed by atoms with E-state index in [2.05, 4.69) is 54.0 Å². The molecule has 1 aliphatic carbocycles. The number of halogens is 1. The number of rotatable bonds is 4. The van der Waals surface area contributed by atoms with Crippen molar-refractivity contribution in [3.8, 4) is 0 Å². The summed E-state index contributed by atoms with van der Waals surface area (Å²) in [6, 6.07) is 8.63. The third-order valence-electron chi connectivity index (χ3n) is 6.57. The lowest BCUT2D eigenvalue weighted by Gasteiger charge is -2.26. The Morgan fingerprint density at radius 3 is 2.87 bits per heavy atom. The van der Waals surface area contributed by atoms with Crippen molar-refractivity contribution in [2.45, 2.75) is 44.2 Å². The fourth-order valence-corrected chi connectivity index (χ4v) is 5.28. The van der Waals surface area contributed by atoms with Crippen molar-refractivity contribution in [1.82, 2.24) is 15.0 Å². The Morgan fingerprint density at radius 1 is 1.13 bits per heavy atom. The number of aliphatic hydroxyl groups excluding tert-OH is 1. The van der Waals surface area contributed by atoms with E-state index in [1.165, 1.54) is 11.9 Å². The zero-order valence-electron chi connectivity index (χ0n) is 16.6. The summed E-state index contributed by atoms with van der Waals surface area (Å²) in [6.45, 7) is 0.898. The second kappa shape index (κ2) is 7.67. The molecule has 1 aliphatic heterocycles. The molecule has 7 nitrogen and oxygen atoms in total. The average Bonchev–Trinajstić information content (AvgIpc) is 3.31. The van der Waals surface area contributed by atoms with Crippen molar-refractivity contribution in [3.63, 3.8) is 0 Å². The average molecular weight is 469 g/mol. The minimum absolute atomic E-state index is 0.275. The first kappa shape index (κ1) is 19.5. The van der Waals surface area contributed by atoms with Crippen LogP contribution in [0.2, 0.25) is 0 Å². The second-order valence-electron chi connectivity index (χ2n) is 8.38. The first-order valence-electron chi connectivity index (χ1n) is 10.4. The molecule has 1 aromatic carbocycles. The highest BCUT2D eigenvalue weighted by Gasteiger charge is 2.39. The molecule has 8 heteroatoms. The Bertz CT molecular complexity index is 1110. The van der Waals surface area contributed by atoms with Crippen LogP contribution in [-0.2, 0) is 12.8 Å². The summed E-state index contributed by atoms with van der Waals surface area (Å²) < 4.78 is 0.818. The summed E-state index contributed by atoms with van der Waals surface area (Å²) in [7, 11) is 0. The number of fused-ring (bicyclic) bond motifs is 2. The second-order valence-corrected chi connectivity index (χ2v) is 9.23. The molecule has 0 saturated heterocycles. The summed E-state index contributed by atoms with van der Waals surface area (Å²) in [4.78, 5) is 15.4. The monoisotopic (exact) mass is 468 g/mol. The maximum Gasteiger partial charge on any atom is 0.138 e. The number of hydrogen-bond donors (Lipinski definition) is 3. The van der Waals surface area contributed by atoms with Gasteiger partial charge in [0.2, 0.25) is 0 Å². The first-order chi connectivity index (χ1) is 14.5. The third-order valence-corrected chi connectivity index (χ3v) is 7.21. The Labute approximate surface area is 183 Å². The largest absolute Gasteiger partial charge is 0.393 e. The normalized spacial score (nSPS) is 23.3. The standard InChI is InChI=1S/C22H25BrN6O/c23-17-9-13-3-1-12(7-18(13)28-21(17)25)2-4-14-8-15(10-19(14)30)29-6-5-16-20(24)26-11-27-22(16)29/h1,3,7,9,11,14-15,19,30H,2,4-6,8,10H2,(H2,25,28)(H2,24,26,27)/t14-,15+,19?/m0/s1. The first-order valence-corrected chi connectivity index (χ1v) is 11.2. The van der Waals surface area contributed by atoms with E-state index in [-0.39, 0.29) is 12.0 Å². The Kier molecular flexibility index (Phi) is 4.99. The fourth-order valence-electron chi connectivity index (χ4n) is 4.95. The summed E-state index contributed by atoms with van der Waals surface area (Å²) in [5, 5.41) is 11.8. The summed E-state index contributed by atoms with van der Waals surface area (Å²) >= 11 is 3.43. The van der Waals surface area contributed by atoms with Gasteiger partial charge >= 0.3 is 0 Å². The van der Waals surface area contributed by atoms with Crippen molar-refractivity contribution < 1.29 is 5.11 Å². The SMILES string of the molecule is Nc1nc2cc(CC[C@H]3C[C@@H](N4CCc5c(N)ncnc54)CC3O)ccc2cc1Br. The molecule has 5 rings (SSSR count). The third kappa shape index (κ3) is 3.48. The van der Waals surface area contributed by atoms with Crippen LogP contribution in [0.5, 0.6) is 0 Å². The van der Waals surface area contributed by atoms with E-state index in [4.69, 9.17) is 11.5 Å². The molecule has 156 valence electrons. The number of aliphatic hydroxyl groups is 1. The zero-order chi connectivity index (χ0) is 20.8. The number of aryl methyl sites for hydroxylation is 1. The molecule has 30 heavy (non-hydrogen) atoms. The van der Waals surface area contributed by atoms with Crippen LogP contribution in [0.25, 0.3) is 10.9 Å². The van der Waals surface area contributed by atoms with Crippen LogP contribution in [0.4, 0.5) is 17.5 Å². The lowest BCUT2D eigenvalue weighted by atomic mass is 9.96. The molecule has 3 heterocycles. The van der Waals surface area contributed by atoms with Crippen LogP contribution in [-0.4, -0.2) is 38.7 Å². The molecule has 0 amide bonds. The van der Waals surface area contributed by atoms with Crippen LogP contribution in [0.15, 0.2) is 35.1 Å². The highest BCUT2D eigenvalue weighted by atomic mass is 79.9. The predicted molar refractivity (Wildman–Crippen MR) is 122 cm³/mol.